The number of aliphatic hydroxyl groups is 4. The number of carboxylic acids is 1. The molecule has 1 aromatic heterocycles. The number of unbranched alkanes of at least 4 members (excludes halogenated alkanes) is 1. The van der Waals surface area contributed by atoms with Crippen LogP contribution in [0.2, 0.25) is 0 Å². The van der Waals surface area contributed by atoms with Gasteiger partial charge >= 0.3 is 5.97 Å². The number of aromatic nitrogens is 3. The van der Waals surface area contributed by atoms with Gasteiger partial charge in [-0.15, -0.1) is 5.10 Å². The van der Waals surface area contributed by atoms with E-state index in [4.69, 9.17) is 28.1 Å². The van der Waals surface area contributed by atoms with Crippen molar-refractivity contribution in [1.29, 1.82) is 0 Å². The van der Waals surface area contributed by atoms with E-state index in [-0.39, 0.29) is 43.2 Å². The first-order valence-electron chi connectivity index (χ1n) is 27.8. The van der Waals surface area contributed by atoms with Crippen LogP contribution in [0.1, 0.15) is 95.6 Å². The van der Waals surface area contributed by atoms with Crippen molar-refractivity contribution in [3.8, 4) is 22.5 Å². The molecule has 3 aromatic carbocycles. The van der Waals surface area contributed by atoms with E-state index in [9.17, 15) is 44.7 Å². The van der Waals surface area contributed by atoms with Gasteiger partial charge in [0.1, 0.15) is 54.0 Å². The number of carbonyl (C=O) groups is 4. The molecule has 0 bridgehead atoms. The van der Waals surface area contributed by atoms with Crippen LogP contribution < -0.4 is 31.6 Å². The molecule has 2 aliphatic heterocycles. The van der Waals surface area contributed by atoms with Crippen LogP contribution in [-0.2, 0) is 46.2 Å². The monoisotopic (exact) mass is 1140 g/mol. The zero-order chi connectivity index (χ0) is 58.7. The number of hydrogen-bond acceptors (Lipinski definition) is 17. The zero-order valence-corrected chi connectivity index (χ0v) is 47.1. The summed E-state index contributed by atoms with van der Waals surface area (Å²) in [6, 6.07) is 18.3. The van der Waals surface area contributed by atoms with Crippen molar-refractivity contribution in [2.24, 2.45) is 0 Å². The molecule has 23 heteroatoms. The zero-order valence-electron chi connectivity index (χ0n) is 47.1. The number of carbonyl (C=O) groups excluding carboxylic acids is 3. The molecular weight excluding hydrogens is 1060 g/mol. The van der Waals surface area contributed by atoms with Crippen molar-refractivity contribution >= 4 is 46.0 Å². The van der Waals surface area contributed by atoms with Gasteiger partial charge in [-0.05, 0) is 119 Å². The Labute approximate surface area is 475 Å². The van der Waals surface area contributed by atoms with Crippen LogP contribution in [0.5, 0.6) is 0 Å². The summed E-state index contributed by atoms with van der Waals surface area (Å²) in [4.78, 5) is 57.2. The normalized spacial score (nSPS) is 17.7. The third-order valence-corrected chi connectivity index (χ3v) is 13.9. The summed E-state index contributed by atoms with van der Waals surface area (Å²) < 4.78 is 35.2. The predicted molar refractivity (Wildman–Crippen MR) is 302 cm³/mol. The molecule has 4 aromatic rings. The number of benzene rings is 4. The maximum absolute atomic E-state index is 14.1. The second kappa shape index (κ2) is 30.7. The Morgan fingerprint density at radius 3 is 2.29 bits per heavy atom. The Hall–Kier alpha value is -7.19. The minimum atomic E-state index is -1.56. The molecule has 0 spiro atoms. The van der Waals surface area contributed by atoms with Gasteiger partial charge in [0.2, 0.25) is 17.2 Å². The molecule has 3 heterocycles. The molecule has 82 heavy (non-hydrogen) atoms. The van der Waals surface area contributed by atoms with Gasteiger partial charge < -0.3 is 74.9 Å². The Kier molecular flexibility index (Phi) is 23.4. The lowest BCUT2D eigenvalue weighted by molar-refractivity contribution is -0.496. The number of anilines is 2. The molecule has 442 valence electrons. The number of aromatic carboxylic acids is 1. The summed E-state index contributed by atoms with van der Waals surface area (Å²) in [5.74, 6) is -1.72. The molecule has 7 rings (SSSR count). The molecule has 23 nitrogen and oxygen atoms in total. The van der Waals surface area contributed by atoms with Gasteiger partial charge in [-0.3, -0.25) is 14.4 Å². The number of nitrogens with zero attached hydrogens (tertiary/aromatic N) is 3. The largest absolute Gasteiger partial charge is 0.478 e. The number of aliphatic hydroxyl groups excluding tert-OH is 4. The second-order valence-electron chi connectivity index (χ2n) is 19.8. The van der Waals surface area contributed by atoms with Crippen LogP contribution >= 0.6 is 0 Å². The average molecular weight is 1140 g/mol. The first kappa shape index (κ1) is 62.4. The van der Waals surface area contributed by atoms with Crippen molar-refractivity contribution in [2.75, 3.05) is 83.1 Å². The van der Waals surface area contributed by atoms with E-state index in [0.29, 0.717) is 123 Å². The second-order valence-corrected chi connectivity index (χ2v) is 19.8. The van der Waals surface area contributed by atoms with Crippen LogP contribution in [0.15, 0.2) is 77.3 Å². The van der Waals surface area contributed by atoms with Gasteiger partial charge in [-0.25, -0.2) is 14.5 Å². The van der Waals surface area contributed by atoms with Crippen LogP contribution in [0.25, 0.3) is 33.4 Å². The lowest BCUT2D eigenvalue weighted by atomic mass is 9.88. The Morgan fingerprint density at radius 1 is 0.817 bits per heavy atom. The van der Waals surface area contributed by atoms with Gasteiger partial charge in [-0.1, -0.05) is 17.3 Å². The molecule has 6 atom stereocenters. The minimum absolute atomic E-state index is 0.00565. The first-order valence-corrected chi connectivity index (χ1v) is 27.8. The van der Waals surface area contributed by atoms with E-state index in [0.717, 1.165) is 27.7 Å². The van der Waals surface area contributed by atoms with Crippen molar-refractivity contribution in [3.05, 3.63) is 112 Å². The summed E-state index contributed by atoms with van der Waals surface area (Å²) in [6.07, 6.45) is -3.48. The molecule has 1 saturated heterocycles. The molecule has 10 N–H and O–H groups in total. The van der Waals surface area contributed by atoms with E-state index in [1.165, 1.54) is 16.8 Å². The van der Waals surface area contributed by atoms with Crippen LogP contribution in [0.3, 0.4) is 0 Å². The highest BCUT2D eigenvalue weighted by molar-refractivity contribution is 6.10. The number of ether oxygens (including phenoxy) is 5. The maximum Gasteiger partial charge on any atom is 0.336 e. The van der Waals surface area contributed by atoms with E-state index in [1.807, 2.05) is 58.9 Å². The van der Waals surface area contributed by atoms with Crippen LogP contribution in [0.4, 0.5) is 11.4 Å². The van der Waals surface area contributed by atoms with E-state index >= 15 is 0 Å². The van der Waals surface area contributed by atoms with Crippen LogP contribution in [0, 0.1) is 13.8 Å². The number of fused-ring (bicyclic) bond motifs is 2. The average Bonchev–Trinajstić information content (AvgIpc) is 1.91. The SMILES string of the molecule is CCNc1cc2oc3cc(=[NH+]CC)c(C)cc-3c(-c3cc(C(=O)NCc4cn([C@H](CCCCNC(=O)CCOCCOCCOCC)C(=O)Nc5ccc(CCO[C@H]6O[C@@H](CO)[C@H](O)[C@@H](O)[C@@H]6O)cc5)nn4)ccc3C(=O)O)c2cc1C. The maximum atomic E-state index is 14.1. The third kappa shape index (κ3) is 16.5. The number of amides is 3. The Morgan fingerprint density at radius 2 is 1.57 bits per heavy atom. The van der Waals surface area contributed by atoms with E-state index in [1.54, 1.807) is 36.5 Å². The first-order chi connectivity index (χ1) is 39.6. The number of aryl methyl sites for hydroxylation is 2. The van der Waals surface area contributed by atoms with Crippen molar-refractivity contribution in [3.63, 3.8) is 0 Å². The topological polar surface area (TPSA) is 322 Å². The molecule has 3 aliphatic rings. The van der Waals surface area contributed by atoms with Gasteiger partial charge in [0.05, 0.1) is 70.6 Å². The Balaban J connectivity index is 1.04. The number of carboxylic acid groups (broad SMARTS) is 1. The van der Waals surface area contributed by atoms with Gasteiger partial charge in [0.25, 0.3) is 5.91 Å². The van der Waals surface area contributed by atoms with Crippen molar-refractivity contribution in [2.45, 2.75) is 110 Å². The lowest BCUT2D eigenvalue weighted by Crippen LogP contribution is -2.76. The van der Waals surface area contributed by atoms with Gasteiger partial charge in [0.15, 0.2) is 6.29 Å². The van der Waals surface area contributed by atoms with Crippen molar-refractivity contribution in [1.82, 2.24) is 25.6 Å². The fourth-order valence-corrected chi connectivity index (χ4v) is 9.54. The molecule has 1 aliphatic carbocycles. The van der Waals surface area contributed by atoms with Crippen molar-refractivity contribution < 1.29 is 77.8 Å². The standard InChI is InChI=1S/C59H76N8O15/c1-6-60-45-30-48-43(27-35(45)4)52(44-28-36(5)46(61-7-2)31-49(44)81-48)42-29-38(14-17-41(42)58(75)76)56(73)63-32-40-33-67(66-65-40)47(11-9-10-20-62-51(69)19-21-78-25-26-79-24-23-77-8-3)57(74)64-39-15-12-37(13-16-39)18-22-80-59-55(72)54(71)53(70)50(34-68)82-59/h12-17,27-31,33,47,50,53-55,59-60,68,70-72H,6-11,18-26,32,34H2,1-5H3,(H,62,69)(H,63,73)(H,64,74)(H,75,76)/p+1/t47-,50+,53+,54-,55+,59+/m1/s1. The fraction of sp³-hybridized carbons (Fsp3) is 0.475. The molecule has 1 fully saturated rings. The smallest absolute Gasteiger partial charge is 0.336 e. The summed E-state index contributed by atoms with van der Waals surface area (Å²) in [5.41, 5.74) is 6.66. The van der Waals surface area contributed by atoms with Gasteiger partial charge in [0, 0.05) is 71.2 Å². The summed E-state index contributed by atoms with van der Waals surface area (Å²) in [6.45, 7) is 13.5. The predicted octanol–water partition coefficient (Wildman–Crippen LogP) is 2.76. The summed E-state index contributed by atoms with van der Waals surface area (Å²) in [5, 5.41) is 72.9. The Bertz CT molecular complexity index is 3130. The number of hydrogen-bond donors (Lipinski definition) is 10. The third-order valence-electron chi connectivity index (χ3n) is 13.9. The highest BCUT2D eigenvalue weighted by atomic mass is 16.7. The fourth-order valence-electron chi connectivity index (χ4n) is 9.54. The molecule has 0 unspecified atom stereocenters. The highest BCUT2D eigenvalue weighted by Crippen LogP contribution is 2.43. The minimum Gasteiger partial charge on any atom is -0.478 e. The lowest BCUT2D eigenvalue weighted by Gasteiger charge is -2.39. The number of rotatable bonds is 31. The van der Waals surface area contributed by atoms with E-state index in [2.05, 4.69) is 36.6 Å². The quantitative estimate of drug-likeness (QED) is 0.0221. The molecule has 0 radical (unpaired) electrons. The van der Waals surface area contributed by atoms with Gasteiger partial charge in [-0.2, -0.15) is 0 Å². The summed E-state index contributed by atoms with van der Waals surface area (Å²) >= 11 is 0. The molecule has 3 amide bonds. The highest BCUT2D eigenvalue weighted by Gasteiger charge is 2.44. The molecule has 0 saturated carbocycles. The summed E-state index contributed by atoms with van der Waals surface area (Å²) in [7, 11) is 0. The number of nitrogens with one attached hydrogen (secondary N) is 5. The van der Waals surface area contributed by atoms with Crippen LogP contribution in [-0.4, -0.2) is 167 Å². The van der Waals surface area contributed by atoms with E-state index < -0.39 is 61.1 Å². The molecular formula is C59H77N8O15+.